The van der Waals surface area contributed by atoms with Crippen molar-refractivity contribution in [3.05, 3.63) is 59.7 Å². The van der Waals surface area contributed by atoms with Gasteiger partial charge in [-0.25, -0.2) is 10.2 Å². The minimum Gasteiger partial charge on any atom is -0.465 e. The summed E-state index contributed by atoms with van der Waals surface area (Å²) in [4.78, 5) is 37.4. The van der Waals surface area contributed by atoms with Crippen LogP contribution in [0, 0.1) is 0 Å². The zero-order valence-electron chi connectivity index (χ0n) is 16.6. The fraction of sp³-hybridized carbons (Fsp3) is 0.238. The van der Waals surface area contributed by atoms with Crippen molar-refractivity contribution in [2.24, 2.45) is 5.10 Å². The summed E-state index contributed by atoms with van der Waals surface area (Å²) in [6.07, 6.45) is 1.46. The lowest BCUT2D eigenvalue weighted by Crippen LogP contribution is -2.32. The van der Waals surface area contributed by atoms with Gasteiger partial charge in [-0.3, -0.25) is 9.59 Å². The van der Waals surface area contributed by atoms with Crippen molar-refractivity contribution >= 4 is 35.4 Å². The quantitative estimate of drug-likeness (QED) is 0.324. The Morgan fingerprint density at radius 2 is 1.59 bits per heavy atom. The second-order valence-electron chi connectivity index (χ2n) is 5.99. The number of methoxy groups -OCH3 is 1. The fourth-order valence-electron chi connectivity index (χ4n) is 2.57. The van der Waals surface area contributed by atoms with Gasteiger partial charge in [0.05, 0.1) is 18.9 Å². The van der Waals surface area contributed by atoms with Crippen LogP contribution in [0.3, 0.4) is 0 Å². The van der Waals surface area contributed by atoms with Crippen LogP contribution in [-0.2, 0) is 14.3 Å². The summed E-state index contributed by atoms with van der Waals surface area (Å²) in [5.74, 6) is -2.26. The first-order chi connectivity index (χ1) is 14.0. The van der Waals surface area contributed by atoms with Crippen molar-refractivity contribution in [1.29, 1.82) is 0 Å². The highest BCUT2D eigenvalue weighted by atomic mass is 16.5. The van der Waals surface area contributed by atoms with Crippen LogP contribution in [0.15, 0.2) is 53.6 Å². The van der Waals surface area contributed by atoms with Crippen molar-refractivity contribution in [3.63, 3.8) is 0 Å². The molecule has 0 aliphatic heterocycles. The highest BCUT2D eigenvalue weighted by molar-refractivity contribution is 6.39. The van der Waals surface area contributed by atoms with Gasteiger partial charge in [-0.15, -0.1) is 0 Å². The van der Waals surface area contributed by atoms with Crippen LogP contribution in [0.25, 0.3) is 0 Å². The predicted molar refractivity (Wildman–Crippen MR) is 112 cm³/mol. The second kappa shape index (κ2) is 10.6. The number of ether oxygens (including phenoxy) is 1. The van der Waals surface area contributed by atoms with E-state index in [-0.39, 0.29) is 0 Å². The molecule has 2 amide bonds. The summed E-state index contributed by atoms with van der Waals surface area (Å²) in [6, 6.07) is 13.7. The average molecular weight is 396 g/mol. The zero-order chi connectivity index (χ0) is 21.2. The number of hydrogen-bond donors (Lipinski definition) is 2. The Morgan fingerprint density at radius 1 is 0.966 bits per heavy atom. The Labute approximate surface area is 169 Å². The molecule has 29 heavy (non-hydrogen) atoms. The summed E-state index contributed by atoms with van der Waals surface area (Å²) in [7, 11) is 1.28. The Kier molecular flexibility index (Phi) is 7.90. The van der Waals surface area contributed by atoms with Gasteiger partial charge in [0.25, 0.3) is 0 Å². The third kappa shape index (κ3) is 6.17. The Morgan fingerprint density at radius 3 is 2.14 bits per heavy atom. The summed E-state index contributed by atoms with van der Waals surface area (Å²) in [6.45, 7) is 6.01. The molecule has 0 aliphatic rings. The number of anilines is 2. The molecule has 2 rings (SSSR count). The summed E-state index contributed by atoms with van der Waals surface area (Å²) in [5.41, 5.74) is 4.79. The molecule has 0 unspecified atom stereocenters. The number of hydrogen-bond acceptors (Lipinski definition) is 6. The smallest absolute Gasteiger partial charge is 0.337 e. The molecule has 0 fully saturated rings. The van der Waals surface area contributed by atoms with E-state index < -0.39 is 17.8 Å². The molecular formula is C21H24N4O4. The molecule has 0 atom stereocenters. The van der Waals surface area contributed by atoms with Crippen molar-refractivity contribution in [2.75, 3.05) is 30.4 Å². The first-order valence-electron chi connectivity index (χ1n) is 9.16. The normalized spacial score (nSPS) is 10.4. The number of nitrogens with one attached hydrogen (secondary N) is 2. The fourth-order valence-corrected chi connectivity index (χ4v) is 2.57. The third-order valence-corrected chi connectivity index (χ3v) is 4.17. The van der Waals surface area contributed by atoms with Gasteiger partial charge < -0.3 is 15.0 Å². The van der Waals surface area contributed by atoms with Gasteiger partial charge in [0.15, 0.2) is 0 Å². The largest absolute Gasteiger partial charge is 0.465 e. The van der Waals surface area contributed by atoms with E-state index >= 15 is 0 Å². The Hall–Kier alpha value is -3.68. The molecule has 0 spiro atoms. The SMILES string of the molecule is CCN(CC)c1ccc(/C=N\NC(=O)C(=O)Nc2ccc(C(=O)OC)cc2)cc1. The molecule has 0 saturated heterocycles. The minimum absolute atomic E-state index is 0.339. The van der Waals surface area contributed by atoms with Crippen LogP contribution in [0.4, 0.5) is 11.4 Å². The summed E-state index contributed by atoms with van der Waals surface area (Å²) < 4.78 is 4.60. The lowest BCUT2D eigenvalue weighted by atomic mass is 10.2. The van der Waals surface area contributed by atoms with Crippen molar-refractivity contribution in [3.8, 4) is 0 Å². The van der Waals surface area contributed by atoms with Crippen molar-refractivity contribution in [2.45, 2.75) is 13.8 Å². The van der Waals surface area contributed by atoms with E-state index in [0.717, 1.165) is 24.3 Å². The van der Waals surface area contributed by atoms with E-state index in [1.165, 1.54) is 37.6 Å². The van der Waals surface area contributed by atoms with Gasteiger partial charge in [-0.1, -0.05) is 12.1 Å². The molecule has 2 aromatic rings. The van der Waals surface area contributed by atoms with Gasteiger partial charge >= 0.3 is 17.8 Å². The van der Waals surface area contributed by atoms with E-state index in [1.807, 2.05) is 24.3 Å². The van der Waals surface area contributed by atoms with E-state index in [4.69, 9.17) is 0 Å². The molecule has 2 N–H and O–H groups in total. The monoisotopic (exact) mass is 396 g/mol. The van der Waals surface area contributed by atoms with Crippen LogP contribution in [0.1, 0.15) is 29.8 Å². The number of carbonyl (C=O) groups excluding carboxylic acids is 3. The van der Waals surface area contributed by atoms with Gasteiger partial charge in [0.1, 0.15) is 0 Å². The molecule has 2 aromatic carbocycles. The maximum atomic E-state index is 11.9. The minimum atomic E-state index is -0.905. The predicted octanol–water partition coefficient (Wildman–Crippen LogP) is 2.41. The lowest BCUT2D eigenvalue weighted by Gasteiger charge is -2.20. The lowest BCUT2D eigenvalue weighted by molar-refractivity contribution is -0.136. The third-order valence-electron chi connectivity index (χ3n) is 4.17. The molecule has 0 aliphatic carbocycles. The molecule has 152 valence electrons. The number of amides is 2. The molecule has 0 heterocycles. The zero-order valence-corrected chi connectivity index (χ0v) is 16.6. The van der Waals surface area contributed by atoms with E-state index in [1.54, 1.807) is 0 Å². The molecule has 0 bridgehead atoms. The van der Waals surface area contributed by atoms with Crippen LogP contribution in [-0.4, -0.2) is 44.2 Å². The highest BCUT2D eigenvalue weighted by Crippen LogP contribution is 2.14. The van der Waals surface area contributed by atoms with Crippen molar-refractivity contribution < 1.29 is 19.1 Å². The van der Waals surface area contributed by atoms with E-state index in [9.17, 15) is 14.4 Å². The number of nitrogens with zero attached hydrogens (tertiary/aromatic N) is 2. The Bertz CT molecular complexity index is 873. The van der Waals surface area contributed by atoms with Gasteiger partial charge in [0, 0.05) is 24.5 Å². The van der Waals surface area contributed by atoms with Crippen molar-refractivity contribution in [1.82, 2.24) is 5.43 Å². The number of rotatable bonds is 7. The van der Waals surface area contributed by atoms with Gasteiger partial charge in [-0.2, -0.15) is 5.10 Å². The van der Waals surface area contributed by atoms with Crippen LogP contribution in [0.5, 0.6) is 0 Å². The first-order valence-corrected chi connectivity index (χ1v) is 9.16. The van der Waals surface area contributed by atoms with E-state index in [0.29, 0.717) is 11.3 Å². The molecular weight excluding hydrogens is 372 g/mol. The van der Waals surface area contributed by atoms with Crippen LogP contribution >= 0.6 is 0 Å². The molecule has 8 heteroatoms. The van der Waals surface area contributed by atoms with Crippen LogP contribution in [0.2, 0.25) is 0 Å². The second-order valence-corrected chi connectivity index (χ2v) is 5.99. The first kappa shape index (κ1) is 21.6. The number of benzene rings is 2. The number of hydrazone groups is 1. The van der Waals surface area contributed by atoms with E-state index in [2.05, 4.69) is 39.3 Å². The summed E-state index contributed by atoms with van der Waals surface area (Å²) in [5, 5.41) is 6.23. The van der Waals surface area contributed by atoms with Gasteiger partial charge in [-0.05, 0) is 55.8 Å². The number of carbonyl (C=O) groups is 3. The highest BCUT2D eigenvalue weighted by Gasteiger charge is 2.13. The molecule has 0 radical (unpaired) electrons. The Balaban J connectivity index is 1.88. The average Bonchev–Trinajstić information content (AvgIpc) is 2.75. The molecule has 0 aromatic heterocycles. The molecule has 8 nitrogen and oxygen atoms in total. The maximum absolute atomic E-state index is 11.9. The van der Waals surface area contributed by atoms with Crippen LogP contribution < -0.4 is 15.6 Å². The maximum Gasteiger partial charge on any atom is 0.337 e. The standard InChI is InChI=1S/C21H24N4O4/c1-4-25(5-2)18-12-6-15(7-13-18)14-22-24-20(27)19(26)23-17-10-8-16(9-11-17)21(28)29-3/h6-14H,4-5H2,1-3H3,(H,23,26)(H,24,27)/b22-14-. The molecule has 0 saturated carbocycles. The topological polar surface area (TPSA) is 100 Å². The van der Waals surface area contributed by atoms with Gasteiger partial charge in [0.2, 0.25) is 0 Å². The summed E-state index contributed by atoms with van der Waals surface area (Å²) >= 11 is 0. The number of esters is 1.